The maximum Gasteiger partial charge on any atom is 0.416 e. The van der Waals surface area contributed by atoms with Gasteiger partial charge in [0.2, 0.25) is 0 Å². The quantitative estimate of drug-likeness (QED) is 0.169. The highest BCUT2D eigenvalue weighted by Gasteiger charge is 2.31. The summed E-state index contributed by atoms with van der Waals surface area (Å²) in [6.07, 6.45) is -4.48. The van der Waals surface area contributed by atoms with Crippen molar-refractivity contribution in [1.82, 2.24) is 14.5 Å². The van der Waals surface area contributed by atoms with Gasteiger partial charge in [0.1, 0.15) is 0 Å². The summed E-state index contributed by atoms with van der Waals surface area (Å²) < 4.78 is 44.4. The van der Waals surface area contributed by atoms with Gasteiger partial charge in [-0.1, -0.05) is 148 Å². The third-order valence-corrected chi connectivity index (χ3v) is 10.9. The van der Waals surface area contributed by atoms with Crippen molar-refractivity contribution in [3.8, 4) is 61.8 Å². The lowest BCUT2D eigenvalue weighted by atomic mass is 9.86. The Morgan fingerprint density at radius 1 is 0.448 bits per heavy atom. The average molecular weight is 764 g/mol. The van der Waals surface area contributed by atoms with Gasteiger partial charge in [-0.25, -0.2) is 9.97 Å². The van der Waals surface area contributed by atoms with Crippen molar-refractivity contribution < 1.29 is 13.2 Å². The summed E-state index contributed by atoms with van der Waals surface area (Å²) in [7, 11) is 0. The first-order valence-electron chi connectivity index (χ1n) is 19.4. The number of benzene rings is 7. The Bertz CT molecular complexity index is 2880. The lowest BCUT2D eigenvalue weighted by Gasteiger charge is -2.22. The molecule has 0 fully saturated rings. The molecule has 9 rings (SSSR count). The van der Waals surface area contributed by atoms with E-state index in [1.54, 1.807) is 12.1 Å². The molecule has 2 aromatic heterocycles. The van der Waals surface area contributed by atoms with E-state index in [1.807, 2.05) is 72.8 Å². The molecule has 3 nitrogen and oxygen atoms in total. The lowest BCUT2D eigenvalue weighted by Crippen LogP contribution is -2.10. The second kappa shape index (κ2) is 14.3. The normalized spacial score (nSPS) is 12.1. The molecule has 0 unspecified atom stereocenters. The van der Waals surface area contributed by atoms with Crippen molar-refractivity contribution in [3.05, 3.63) is 187 Å². The van der Waals surface area contributed by atoms with Crippen LogP contribution in [-0.2, 0) is 11.6 Å². The number of fused-ring (bicyclic) bond motifs is 3. The summed E-state index contributed by atoms with van der Waals surface area (Å²) >= 11 is 0. The van der Waals surface area contributed by atoms with E-state index >= 15 is 0 Å². The molecule has 6 heteroatoms. The molecule has 0 aliphatic carbocycles. The van der Waals surface area contributed by atoms with Crippen LogP contribution in [0.4, 0.5) is 13.2 Å². The number of hydrogen-bond acceptors (Lipinski definition) is 2. The van der Waals surface area contributed by atoms with Crippen molar-refractivity contribution in [1.29, 1.82) is 0 Å². The molecule has 0 saturated heterocycles. The van der Waals surface area contributed by atoms with Crippen molar-refractivity contribution in [3.63, 3.8) is 0 Å². The molecule has 0 N–H and O–H groups in total. The number of halogens is 3. The number of aryl methyl sites for hydroxylation is 1. The summed E-state index contributed by atoms with van der Waals surface area (Å²) in [5, 5.41) is 2.20. The van der Waals surface area contributed by atoms with Crippen LogP contribution >= 0.6 is 0 Å². The molecule has 7 aromatic carbocycles. The number of rotatable bonds is 6. The molecule has 58 heavy (non-hydrogen) atoms. The van der Waals surface area contributed by atoms with Crippen LogP contribution in [0.5, 0.6) is 0 Å². The fourth-order valence-electron chi connectivity index (χ4n) is 7.78. The van der Waals surface area contributed by atoms with Crippen LogP contribution in [0, 0.1) is 6.92 Å². The number of aromatic nitrogens is 3. The highest BCUT2D eigenvalue weighted by Crippen LogP contribution is 2.45. The summed E-state index contributed by atoms with van der Waals surface area (Å²) in [6.45, 7) is 8.70. The van der Waals surface area contributed by atoms with Gasteiger partial charge in [0, 0.05) is 38.6 Å². The molecule has 9 aromatic rings. The van der Waals surface area contributed by atoms with Crippen LogP contribution in [0.25, 0.3) is 83.6 Å². The Morgan fingerprint density at radius 2 is 0.966 bits per heavy atom. The third-order valence-electron chi connectivity index (χ3n) is 10.9. The Hall–Kier alpha value is -6.79. The fraction of sp³-hybridized carbons (Fsp3) is 0.115. The Morgan fingerprint density at radius 3 is 1.57 bits per heavy atom. The van der Waals surface area contributed by atoms with Crippen LogP contribution in [0.3, 0.4) is 0 Å². The van der Waals surface area contributed by atoms with Gasteiger partial charge in [0.05, 0.1) is 33.7 Å². The standard InChI is InChI=1S/C52H40F3N3/c1-33-19-21-34(22-20-33)42-29-38(46-32-45(36-13-7-5-8-14-36)56-50(57-46)37-15-9-6-10-16-37)30-43(35-23-25-39(26-24-35)52(53,54)55)49(42)58-47-18-12-11-17-41(47)44-31-40(51(2,3)4)27-28-48(44)58/h5-32H,1-4H3. The van der Waals surface area contributed by atoms with E-state index in [0.717, 1.165) is 72.1 Å². The van der Waals surface area contributed by atoms with Crippen LogP contribution in [0.1, 0.15) is 37.5 Å². The summed E-state index contributed by atoms with van der Waals surface area (Å²) in [6, 6.07) is 55.1. The van der Waals surface area contributed by atoms with Crippen molar-refractivity contribution >= 4 is 21.8 Å². The van der Waals surface area contributed by atoms with Crippen molar-refractivity contribution in [2.45, 2.75) is 39.3 Å². The zero-order chi connectivity index (χ0) is 40.2. The number of para-hydroxylation sites is 1. The van der Waals surface area contributed by atoms with E-state index in [4.69, 9.17) is 9.97 Å². The minimum Gasteiger partial charge on any atom is -0.308 e. The topological polar surface area (TPSA) is 30.7 Å². The molecule has 0 atom stereocenters. The summed E-state index contributed by atoms with van der Waals surface area (Å²) in [4.78, 5) is 10.2. The second-order valence-electron chi connectivity index (χ2n) is 15.9. The number of nitrogens with zero attached hydrogens (tertiary/aromatic N) is 3. The van der Waals surface area contributed by atoms with Gasteiger partial charge < -0.3 is 4.57 Å². The van der Waals surface area contributed by atoms with Gasteiger partial charge in [-0.3, -0.25) is 0 Å². The molecular formula is C52H40F3N3. The van der Waals surface area contributed by atoms with Crippen molar-refractivity contribution in [2.75, 3.05) is 0 Å². The Kier molecular flexibility index (Phi) is 9.08. The zero-order valence-electron chi connectivity index (χ0n) is 32.6. The zero-order valence-corrected chi connectivity index (χ0v) is 32.6. The van der Waals surface area contributed by atoms with E-state index in [-0.39, 0.29) is 5.41 Å². The Labute approximate surface area is 336 Å². The first-order chi connectivity index (χ1) is 27.9. The van der Waals surface area contributed by atoms with E-state index in [0.29, 0.717) is 17.1 Å². The predicted octanol–water partition coefficient (Wildman–Crippen LogP) is 14.5. The third kappa shape index (κ3) is 6.85. The maximum atomic E-state index is 14.0. The highest BCUT2D eigenvalue weighted by atomic mass is 19.4. The van der Waals surface area contributed by atoms with Gasteiger partial charge >= 0.3 is 6.18 Å². The first kappa shape index (κ1) is 36.8. The van der Waals surface area contributed by atoms with Gasteiger partial charge in [0.25, 0.3) is 0 Å². The smallest absolute Gasteiger partial charge is 0.308 e. The fourth-order valence-corrected chi connectivity index (χ4v) is 7.78. The first-order valence-corrected chi connectivity index (χ1v) is 19.4. The monoisotopic (exact) mass is 763 g/mol. The highest BCUT2D eigenvalue weighted by molar-refractivity contribution is 6.11. The van der Waals surface area contributed by atoms with Crippen LogP contribution < -0.4 is 0 Å². The SMILES string of the molecule is Cc1ccc(-c2cc(-c3cc(-c4ccccc4)nc(-c4ccccc4)n3)cc(-c3ccc(C(F)(F)F)cc3)c2-n2c3ccccc3c3cc(C(C)(C)C)ccc32)cc1. The van der Waals surface area contributed by atoms with Gasteiger partial charge in [-0.05, 0) is 77.6 Å². The predicted molar refractivity (Wildman–Crippen MR) is 232 cm³/mol. The molecule has 284 valence electrons. The van der Waals surface area contributed by atoms with Gasteiger partial charge in [-0.2, -0.15) is 13.2 Å². The molecule has 2 heterocycles. The van der Waals surface area contributed by atoms with E-state index < -0.39 is 11.7 Å². The van der Waals surface area contributed by atoms with Crippen molar-refractivity contribution in [2.24, 2.45) is 0 Å². The molecule has 0 radical (unpaired) electrons. The molecule has 0 bridgehead atoms. The van der Waals surface area contributed by atoms with Gasteiger partial charge in [-0.15, -0.1) is 0 Å². The number of hydrogen-bond donors (Lipinski definition) is 0. The average Bonchev–Trinajstić information content (AvgIpc) is 3.57. The molecule has 0 saturated carbocycles. The van der Waals surface area contributed by atoms with Crippen LogP contribution in [0.2, 0.25) is 0 Å². The van der Waals surface area contributed by atoms with Gasteiger partial charge in [0.15, 0.2) is 5.82 Å². The minimum absolute atomic E-state index is 0.0771. The van der Waals surface area contributed by atoms with Crippen LogP contribution in [-0.4, -0.2) is 14.5 Å². The molecule has 0 spiro atoms. The largest absolute Gasteiger partial charge is 0.416 e. The van der Waals surface area contributed by atoms with E-state index in [9.17, 15) is 13.2 Å². The minimum atomic E-state index is -4.48. The molecule has 0 aliphatic heterocycles. The summed E-state index contributed by atoms with van der Waals surface area (Å²) in [5.41, 5.74) is 11.8. The molecular weight excluding hydrogens is 724 g/mol. The second-order valence-corrected chi connectivity index (χ2v) is 15.9. The van der Waals surface area contributed by atoms with E-state index in [2.05, 4.69) is 105 Å². The lowest BCUT2D eigenvalue weighted by molar-refractivity contribution is -0.137. The van der Waals surface area contributed by atoms with Crippen LogP contribution in [0.15, 0.2) is 170 Å². The molecule has 0 aliphatic rings. The number of alkyl halides is 3. The van der Waals surface area contributed by atoms with E-state index in [1.165, 1.54) is 17.7 Å². The molecule has 0 amide bonds. The maximum absolute atomic E-state index is 14.0. The summed E-state index contributed by atoms with van der Waals surface area (Å²) in [5.74, 6) is 0.575. The Balaban J connectivity index is 1.41.